The fraction of sp³-hybridized carbons (Fsp3) is 0.500. The highest BCUT2D eigenvalue weighted by atomic mass is 16.3. The SMILES string of the molecule is NCC#Cc1ccccc1CN(CCO)C1CCC1. The second kappa shape index (κ2) is 7.30. The summed E-state index contributed by atoms with van der Waals surface area (Å²) in [6, 6.07) is 8.83. The van der Waals surface area contributed by atoms with Crippen LogP contribution in [0.15, 0.2) is 24.3 Å². The van der Waals surface area contributed by atoms with Crippen LogP contribution in [-0.4, -0.2) is 35.7 Å². The summed E-state index contributed by atoms with van der Waals surface area (Å²) >= 11 is 0. The van der Waals surface area contributed by atoms with Crippen molar-refractivity contribution in [1.29, 1.82) is 0 Å². The Bertz CT molecular complexity index is 457. The van der Waals surface area contributed by atoms with Crippen LogP contribution in [0.2, 0.25) is 0 Å². The van der Waals surface area contributed by atoms with Gasteiger partial charge in [0.25, 0.3) is 0 Å². The van der Waals surface area contributed by atoms with Crippen LogP contribution in [0.5, 0.6) is 0 Å². The Hall–Kier alpha value is -1.34. The topological polar surface area (TPSA) is 49.5 Å². The number of nitrogens with two attached hydrogens (primary N) is 1. The highest BCUT2D eigenvalue weighted by molar-refractivity contribution is 5.41. The summed E-state index contributed by atoms with van der Waals surface area (Å²) in [5.41, 5.74) is 7.71. The maximum Gasteiger partial charge on any atom is 0.0558 e. The zero-order valence-corrected chi connectivity index (χ0v) is 11.3. The lowest BCUT2D eigenvalue weighted by Crippen LogP contribution is -2.41. The second-order valence-corrected chi connectivity index (χ2v) is 4.94. The Kier molecular flexibility index (Phi) is 5.41. The fourth-order valence-corrected chi connectivity index (χ4v) is 2.42. The first-order valence-electron chi connectivity index (χ1n) is 6.97. The van der Waals surface area contributed by atoms with Crippen molar-refractivity contribution in [3.63, 3.8) is 0 Å². The molecule has 0 heterocycles. The summed E-state index contributed by atoms with van der Waals surface area (Å²) < 4.78 is 0. The molecule has 0 aliphatic heterocycles. The average molecular weight is 258 g/mol. The zero-order valence-electron chi connectivity index (χ0n) is 11.3. The minimum atomic E-state index is 0.215. The van der Waals surface area contributed by atoms with Gasteiger partial charge >= 0.3 is 0 Å². The van der Waals surface area contributed by atoms with E-state index in [2.05, 4.69) is 22.8 Å². The van der Waals surface area contributed by atoms with E-state index >= 15 is 0 Å². The fourth-order valence-electron chi connectivity index (χ4n) is 2.42. The third-order valence-corrected chi connectivity index (χ3v) is 3.69. The molecule has 0 radical (unpaired) electrons. The van der Waals surface area contributed by atoms with E-state index in [0.717, 1.165) is 18.7 Å². The quantitative estimate of drug-likeness (QED) is 0.784. The van der Waals surface area contributed by atoms with Crippen LogP contribution >= 0.6 is 0 Å². The molecular weight excluding hydrogens is 236 g/mol. The van der Waals surface area contributed by atoms with Gasteiger partial charge in [0.05, 0.1) is 13.2 Å². The van der Waals surface area contributed by atoms with Crippen LogP contribution in [-0.2, 0) is 6.54 Å². The van der Waals surface area contributed by atoms with Gasteiger partial charge < -0.3 is 10.8 Å². The molecule has 1 aliphatic rings. The van der Waals surface area contributed by atoms with Gasteiger partial charge in [-0.1, -0.05) is 36.5 Å². The molecule has 0 unspecified atom stereocenters. The van der Waals surface area contributed by atoms with E-state index in [0.29, 0.717) is 12.6 Å². The maximum atomic E-state index is 9.21. The molecule has 102 valence electrons. The molecule has 0 bridgehead atoms. The van der Waals surface area contributed by atoms with Gasteiger partial charge in [-0.3, -0.25) is 4.90 Å². The molecule has 3 heteroatoms. The lowest BCUT2D eigenvalue weighted by Gasteiger charge is -2.37. The molecule has 3 nitrogen and oxygen atoms in total. The first kappa shape index (κ1) is 14.1. The van der Waals surface area contributed by atoms with E-state index in [1.54, 1.807) is 0 Å². The van der Waals surface area contributed by atoms with Gasteiger partial charge in [0, 0.05) is 24.7 Å². The van der Waals surface area contributed by atoms with Crippen molar-refractivity contribution in [2.75, 3.05) is 19.7 Å². The van der Waals surface area contributed by atoms with Crippen LogP contribution < -0.4 is 5.73 Å². The van der Waals surface area contributed by atoms with E-state index in [9.17, 15) is 5.11 Å². The van der Waals surface area contributed by atoms with Crippen LogP contribution in [0.3, 0.4) is 0 Å². The predicted molar refractivity (Wildman–Crippen MR) is 77.5 cm³/mol. The third kappa shape index (κ3) is 3.81. The number of aliphatic hydroxyl groups excluding tert-OH is 1. The Labute approximate surface area is 115 Å². The largest absolute Gasteiger partial charge is 0.395 e. The molecule has 1 aliphatic carbocycles. The summed E-state index contributed by atoms with van der Waals surface area (Å²) in [7, 11) is 0. The van der Waals surface area contributed by atoms with Crippen LogP contribution in [0.4, 0.5) is 0 Å². The molecule has 0 amide bonds. The van der Waals surface area contributed by atoms with Crippen molar-refractivity contribution in [2.24, 2.45) is 5.73 Å². The number of benzene rings is 1. The Balaban J connectivity index is 2.11. The standard InChI is InChI=1S/C16H22N2O/c17-10-4-7-14-5-1-2-6-15(14)13-18(11-12-19)16-8-3-9-16/h1-2,5-6,16,19H,3,8-13,17H2. The normalized spacial score (nSPS) is 14.9. The molecule has 1 aromatic rings. The van der Waals surface area contributed by atoms with E-state index in [1.807, 2.05) is 18.2 Å². The van der Waals surface area contributed by atoms with Crippen LogP contribution in [0, 0.1) is 11.8 Å². The summed E-state index contributed by atoms with van der Waals surface area (Å²) in [4.78, 5) is 2.37. The maximum absolute atomic E-state index is 9.21. The Morgan fingerprint density at radius 3 is 2.74 bits per heavy atom. The van der Waals surface area contributed by atoms with Crippen molar-refractivity contribution < 1.29 is 5.11 Å². The second-order valence-electron chi connectivity index (χ2n) is 4.94. The monoisotopic (exact) mass is 258 g/mol. The Morgan fingerprint density at radius 1 is 1.32 bits per heavy atom. The average Bonchev–Trinajstić information content (AvgIpc) is 2.36. The number of aliphatic hydroxyl groups is 1. The minimum Gasteiger partial charge on any atom is -0.395 e. The lowest BCUT2D eigenvalue weighted by molar-refractivity contribution is 0.0945. The molecule has 19 heavy (non-hydrogen) atoms. The van der Waals surface area contributed by atoms with E-state index in [1.165, 1.54) is 24.8 Å². The third-order valence-electron chi connectivity index (χ3n) is 3.69. The first-order valence-corrected chi connectivity index (χ1v) is 6.97. The zero-order chi connectivity index (χ0) is 13.5. The van der Waals surface area contributed by atoms with Gasteiger partial charge in [-0.25, -0.2) is 0 Å². The van der Waals surface area contributed by atoms with Gasteiger partial charge in [-0.05, 0) is 24.5 Å². The molecule has 1 fully saturated rings. The molecule has 3 N–H and O–H groups in total. The summed E-state index contributed by atoms with van der Waals surface area (Å²) in [6.07, 6.45) is 3.80. The number of hydrogen-bond donors (Lipinski definition) is 2. The van der Waals surface area contributed by atoms with Crippen molar-refractivity contribution in [3.8, 4) is 11.8 Å². The summed E-state index contributed by atoms with van der Waals surface area (Å²) in [5.74, 6) is 6.05. The van der Waals surface area contributed by atoms with Crippen molar-refractivity contribution in [3.05, 3.63) is 35.4 Å². The van der Waals surface area contributed by atoms with Gasteiger partial charge in [0.2, 0.25) is 0 Å². The molecule has 2 rings (SSSR count). The minimum absolute atomic E-state index is 0.215. The van der Waals surface area contributed by atoms with Crippen molar-refractivity contribution in [1.82, 2.24) is 4.90 Å². The molecule has 1 aromatic carbocycles. The number of rotatable bonds is 5. The van der Waals surface area contributed by atoms with Gasteiger partial charge in [-0.15, -0.1) is 0 Å². The summed E-state index contributed by atoms with van der Waals surface area (Å²) in [6.45, 7) is 2.20. The smallest absolute Gasteiger partial charge is 0.0558 e. The molecule has 0 spiro atoms. The Morgan fingerprint density at radius 2 is 2.11 bits per heavy atom. The first-order chi connectivity index (χ1) is 9.35. The molecule has 1 saturated carbocycles. The van der Waals surface area contributed by atoms with Crippen LogP contribution in [0.25, 0.3) is 0 Å². The van der Waals surface area contributed by atoms with Crippen LogP contribution in [0.1, 0.15) is 30.4 Å². The molecule has 0 aromatic heterocycles. The summed E-state index contributed by atoms with van der Waals surface area (Å²) in [5, 5.41) is 9.21. The van der Waals surface area contributed by atoms with Gasteiger partial charge in [-0.2, -0.15) is 0 Å². The highest BCUT2D eigenvalue weighted by Gasteiger charge is 2.24. The number of nitrogens with zero attached hydrogens (tertiary/aromatic N) is 1. The van der Waals surface area contributed by atoms with Crippen molar-refractivity contribution in [2.45, 2.75) is 31.8 Å². The number of hydrogen-bond acceptors (Lipinski definition) is 3. The van der Waals surface area contributed by atoms with E-state index in [4.69, 9.17) is 5.73 Å². The highest BCUT2D eigenvalue weighted by Crippen LogP contribution is 2.26. The molecule has 0 saturated heterocycles. The molecular formula is C16H22N2O. The molecule has 0 atom stereocenters. The lowest BCUT2D eigenvalue weighted by atomic mass is 9.91. The van der Waals surface area contributed by atoms with E-state index < -0.39 is 0 Å². The van der Waals surface area contributed by atoms with E-state index in [-0.39, 0.29) is 6.61 Å². The van der Waals surface area contributed by atoms with Gasteiger partial charge in [0.1, 0.15) is 0 Å². The van der Waals surface area contributed by atoms with Crippen molar-refractivity contribution >= 4 is 0 Å². The van der Waals surface area contributed by atoms with Gasteiger partial charge in [0.15, 0.2) is 0 Å². The predicted octanol–water partition coefficient (Wildman–Crippen LogP) is 1.34.